The second-order valence-corrected chi connectivity index (χ2v) is 5.16. The number of nitrogens with zero attached hydrogens (tertiary/aromatic N) is 1. The van der Waals surface area contributed by atoms with Gasteiger partial charge >= 0.3 is 0 Å². The molecule has 0 aliphatic heterocycles. The predicted molar refractivity (Wildman–Crippen MR) is 73.1 cm³/mol. The lowest BCUT2D eigenvalue weighted by Gasteiger charge is -2.14. The van der Waals surface area contributed by atoms with Crippen LogP contribution < -0.4 is 5.43 Å². The van der Waals surface area contributed by atoms with Crippen LogP contribution in [0.25, 0.3) is 0 Å². The molecule has 1 amide bonds. The molecule has 6 heteroatoms. The third kappa shape index (κ3) is 3.98. The second kappa shape index (κ2) is 5.69. The highest BCUT2D eigenvalue weighted by Gasteiger charge is 2.23. The van der Waals surface area contributed by atoms with Crippen LogP contribution in [0.2, 0.25) is 10.0 Å². The van der Waals surface area contributed by atoms with Gasteiger partial charge < -0.3 is 5.11 Å². The summed E-state index contributed by atoms with van der Waals surface area (Å²) in [6, 6.07) is 4.98. The largest absolute Gasteiger partial charge is 0.381 e. The summed E-state index contributed by atoms with van der Waals surface area (Å²) in [7, 11) is 0. The zero-order valence-corrected chi connectivity index (χ0v) is 11.8. The smallest absolute Gasteiger partial charge is 0.271 e. The van der Waals surface area contributed by atoms with Gasteiger partial charge in [0.05, 0.1) is 10.7 Å². The third-order valence-corrected chi connectivity index (χ3v) is 2.75. The minimum atomic E-state index is -1.48. The second-order valence-electron chi connectivity index (χ2n) is 4.32. The molecule has 98 valence electrons. The first-order valence-electron chi connectivity index (χ1n) is 5.24. The quantitative estimate of drug-likeness (QED) is 0.663. The van der Waals surface area contributed by atoms with E-state index in [0.717, 1.165) is 0 Å². The van der Waals surface area contributed by atoms with Crippen molar-refractivity contribution in [1.82, 2.24) is 5.43 Å². The van der Waals surface area contributed by atoms with Gasteiger partial charge in [0, 0.05) is 10.6 Å². The van der Waals surface area contributed by atoms with E-state index in [2.05, 4.69) is 10.5 Å². The van der Waals surface area contributed by atoms with Crippen molar-refractivity contribution in [2.24, 2.45) is 5.10 Å². The SMILES string of the molecule is C/C(=N/NC(=O)C(C)(C)O)c1ccc(Cl)cc1Cl. The van der Waals surface area contributed by atoms with Gasteiger partial charge in [0.15, 0.2) is 0 Å². The molecule has 0 unspecified atom stereocenters. The van der Waals surface area contributed by atoms with Gasteiger partial charge in [-0.25, -0.2) is 5.43 Å². The summed E-state index contributed by atoms with van der Waals surface area (Å²) in [5.74, 6) is -0.591. The maximum absolute atomic E-state index is 11.4. The zero-order valence-electron chi connectivity index (χ0n) is 10.3. The first-order chi connectivity index (χ1) is 8.21. The van der Waals surface area contributed by atoms with E-state index in [0.29, 0.717) is 21.3 Å². The first kappa shape index (κ1) is 15.0. The van der Waals surface area contributed by atoms with Gasteiger partial charge in [0.1, 0.15) is 5.60 Å². The molecule has 1 aromatic rings. The average molecular weight is 289 g/mol. The fourth-order valence-corrected chi connectivity index (χ4v) is 1.66. The van der Waals surface area contributed by atoms with Crippen LogP contribution in [-0.2, 0) is 4.79 Å². The van der Waals surface area contributed by atoms with Gasteiger partial charge in [-0.05, 0) is 32.9 Å². The van der Waals surface area contributed by atoms with E-state index >= 15 is 0 Å². The lowest BCUT2D eigenvalue weighted by atomic mass is 10.1. The molecular weight excluding hydrogens is 275 g/mol. The Balaban J connectivity index is 2.87. The number of halogens is 2. The first-order valence-corrected chi connectivity index (χ1v) is 6.00. The molecular formula is C12H14Cl2N2O2. The number of hydrogen-bond donors (Lipinski definition) is 2. The van der Waals surface area contributed by atoms with E-state index in [-0.39, 0.29) is 0 Å². The molecule has 4 nitrogen and oxygen atoms in total. The molecule has 0 aliphatic rings. The Morgan fingerprint density at radius 2 is 2.00 bits per heavy atom. The minimum absolute atomic E-state index is 0.446. The predicted octanol–water partition coefficient (Wildman–Crippen LogP) is 2.60. The Labute approximate surface area is 116 Å². The molecule has 0 atom stereocenters. The summed E-state index contributed by atoms with van der Waals surface area (Å²) in [5.41, 5.74) is 1.98. The molecule has 0 aliphatic carbocycles. The van der Waals surface area contributed by atoms with E-state index < -0.39 is 11.5 Å². The number of benzene rings is 1. The zero-order chi connectivity index (χ0) is 13.9. The Hall–Kier alpha value is -1.10. The van der Waals surface area contributed by atoms with E-state index in [9.17, 15) is 9.90 Å². The van der Waals surface area contributed by atoms with Crippen molar-refractivity contribution in [2.75, 3.05) is 0 Å². The summed E-state index contributed by atoms with van der Waals surface area (Å²) in [4.78, 5) is 11.4. The molecule has 0 bridgehead atoms. The monoisotopic (exact) mass is 288 g/mol. The summed E-state index contributed by atoms with van der Waals surface area (Å²) in [6.45, 7) is 4.45. The van der Waals surface area contributed by atoms with Crippen molar-refractivity contribution in [3.8, 4) is 0 Å². The average Bonchev–Trinajstić information content (AvgIpc) is 2.24. The van der Waals surface area contributed by atoms with Crippen LogP contribution in [0.4, 0.5) is 0 Å². The van der Waals surface area contributed by atoms with Crippen molar-refractivity contribution >= 4 is 34.8 Å². The summed E-state index contributed by atoms with van der Waals surface area (Å²) < 4.78 is 0. The van der Waals surface area contributed by atoms with Crippen LogP contribution in [0.15, 0.2) is 23.3 Å². The summed E-state index contributed by atoms with van der Waals surface area (Å²) in [6.07, 6.45) is 0. The Morgan fingerprint density at radius 3 is 2.50 bits per heavy atom. The molecule has 0 saturated heterocycles. The minimum Gasteiger partial charge on any atom is -0.381 e. The highest BCUT2D eigenvalue weighted by atomic mass is 35.5. The van der Waals surface area contributed by atoms with Crippen molar-refractivity contribution in [3.63, 3.8) is 0 Å². The number of hydrazone groups is 1. The van der Waals surface area contributed by atoms with Gasteiger partial charge in [-0.1, -0.05) is 29.3 Å². The number of aliphatic hydroxyl groups is 1. The number of amides is 1. The van der Waals surface area contributed by atoms with Crippen LogP contribution in [0.3, 0.4) is 0 Å². The third-order valence-electron chi connectivity index (χ3n) is 2.20. The lowest BCUT2D eigenvalue weighted by molar-refractivity contribution is -0.136. The Bertz CT molecular complexity index is 493. The van der Waals surface area contributed by atoms with Gasteiger partial charge in [-0.15, -0.1) is 0 Å². The Kier molecular flexibility index (Phi) is 4.73. The van der Waals surface area contributed by atoms with Crippen LogP contribution in [0, 0.1) is 0 Å². The van der Waals surface area contributed by atoms with Crippen molar-refractivity contribution in [1.29, 1.82) is 0 Å². The molecule has 0 fully saturated rings. The van der Waals surface area contributed by atoms with Gasteiger partial charge in [0.25, 0.3) is 5.91 Å². The fraction of sp³-hybridized carbons (Fsp3) is 0.333. The molecule has 18 heavy (non-hydrogen) atoms. The van der Waals surface area contributed by atoms with Gasteiger partial charge in [-0.2, -0.15) is 5.10 Å². The highest BCUT2D eigenvalue weighted by Crippen LogP contribution is 2.21. The molecule has 1 aromatic carbocycles. The number of nitrogens with one attached hydrogen (secondary N) is 1. The Morgan fingerprint density at radius 1 is 1.39 bits per heavy atom. The van der Waals surface area contributed by atoms with Crippen LogP contribution in [0.5, 0.6) is 0 Å². The van der Waals surface area contributed by atoms with Crippen molar-refractivity contribution in [3.05, 3.63) is 33.8 Å². The van der Waals surface area contributed by atoms with E-state index in [1.54, 1.807) is 25.1 Å². The maximum Gasteiger partial charge on any atom is 0.271 e. The van der Waals surface area contributed by atoms with Gasteiger partial charge in [0.2, 0.25) is 0 Å². The molecule has 0 heterocycles. The van der Waals surface area contributed by atoms with Crippen LogP contribution >= 0.6 is 23.2 Å². The van der Waals surface area contributed by atoms with Crippen LogP contribution in [-0.4, -0.2) is 22.3 Å². The number of rotatable bonds is 3. The maximum atomic E-state index is 11.4. The van der Waals surface area contributed by atoms with E-state index in [1.807, 2.05) is 0 Å². The van der Waals surface area contributed by atoms with E-state index in [1.165, 1.54) is 13.8 Å². The standard InChI is InChI=1S/C12H14Cl2N2O2/c1-7(15-16-11(17)12(2,3)18)9-5-4-8(13)6-10(9)14/h4-6,18H,1-3H3,(H,16,17)/b15-7-. The van der Waals surface area contributed by atoms with Crippen molar-refractivity contribution in [2.45, 2.75) is 26.4 Å². The number of carbonyl (C=O) groups excluding carboxylic acids is 1. The molecule has 0 saturated carbocycles. The summed E-state index contributed by atoms with van der Waals surface area (Å²) in [5, 5.41) is 14.3. The topological polar surface area (TPSA) is 61.7 Å². The van der Waals surface area contributed by atoms with Crippen molar-refractivity contribution < 1.29 is 9.90 Å². The van der Waals surface area contributed by atoms with E-state index in [4.69, 9.17) is 23.2 Å². The molecule has 0 aromatic heterocycles. The number of carbonyl (C=O) groups is 1. The van der Waals surface area contributed by atoms with Crippen LogP contribution in [0.1, 0.15) is 26.3 Å². The van der Waals surface area contributed by atoms with Gasteiger partial charge in [-0.3, -0.25) is 4.79 Å². The molecule has 2 N–H and O–H groups in total. The number of hydrogen-bond acceptors (Lipinski definition) is 3. The fourth-order valence-electron chi connectivity index (χ4n) is 1.11. The lowest BCUT2D eigenvalue weighted by Crippen LogP contribution is -2.39. The molecule has 1 rings (SSSR count). The molecule has 0 spiro atoms. The highest BCUT2D eigenvalue weighted by molar-refractivity contribution is 6.37. The summed E-state index contributed by atoms with van der Waals surface area (Å²) >= 11 is 11.8. The normalized spacial score (nSPS) is 12.4. The molecule has 0 radical (unpaired) electrons.